The molecule has 32 heavy (non-hydrogen) atoms. The Bertz CT molecular complexity index is 987. The van der Waals surface area contributed by atoms with E-state index in [1.54, 1.807) is 38.2 Å². The van der Waals surface area contributed by atoms with E-state index in [9.17, 15) is 14.0 Å². The van der Waals surface area contributed by atoms with Crippen molar-refractivity contribution in [1.29, 1.82) is 0 Å². The molecule has 2 aromatic carbocycles. The molecule has 1 atom stereocenters. The van der Waals surface area contributed by atoms with Gasteiger partial charge in [0, 0.05) is 12.7 Å². The highest BCUT2D eigenvalue weighted by molar-refractivity contribution is 5.95. The summed E-state index contributed by atoms with van der Waals surface area (Å²) in [6.45, 7) is 6.02. The zero-order valence-corrected chi connectivity index (χ0v) is 18.6. The minimum Gasteiger partial charge on any atom is -0.491 e. The molecule has 8 heteroatoms. The molecule has 0 radical (unpaired) electrons. The lowest BCUT2D eigenvalue weighted by molar-refractivity contribution is -0.139. The quantitative estimate of drug-likeness (QED) is 0.607. The molecule has 3 rings (SSSR count). The van der Waals surface area contributed by atoms with Crippen molar-refractivity contribution in [3.8, 4) is 5.75 Å². The van der Waals surface area contributed by atoms with Gasteiger partial charge >= 0.3 is 12.0 Å². The van der Waals surface area contributed by atoms with E-state index in [0.29, 0.717) is 17.0 Å². The molecule has 2 aromatic rings. The van der Waals surface area contributed by atoms with Crippen LogP contribution in [0, 0.1) is 5.82 Å². The van der Waals surface area contributed by atoms with Gasteiger partial charge in [0.15, 0.2) is 0 Å². The Morgan fingerprint density at radius 2 is 1.78 bits per heavy atom. The van der Waals surface area contributed by atoms with Crippen LogP contribution in [-0.2, 0) is 9.53 Å². The van der Waals surface area contributed by atoms with Gasteiger partial charge in [0.05, 0.1) is 36.6 Å². The second-order valence-corrected chi connectivity index (χ2v) is 7.71. The largest absolute Gasteiger partial charge is 0.491 e. The Morgan fingerprint density at radius 3 is 2.38 bits per heavy atom. The molecule has 0 bridgehead atoms. The van der Waals surface area contributed by atoms with Crippen LogP contribution in [0.1, 0.15) is 32.4 Å². The zero-order valence-electron chi connectivity index (χ0n) is 18.6. The molecule has 0 saturated carbocycles. The van der Waals surface area contributed by atoms with Crippen molar-refractivity contribution in [1.82, 2.24) is 10.6 Å². The van der Waals surface area contributed by atoms with Crippen LogP contribution in [0.25, 0.3) is 0 Å². The third-order valence-corrected chi connectivity index (χ3v) is 4.90. The minimum atomic E-state index is -0.687. The number of halogens is 1. The summed E-state index contributed by atoms with van der Waals surface area (Å²) in [4.78, 5) is 27.2. The number of likely N-dealkylation sites (N-methyl/N-ethyl adjacent to an activating group) is 1. The minimum absolute atomic E-state index is 0.0306. The van der Waals surface area contributed by atoms with Crippen molar-refractivity contribution in [2.75, 3.05) is 25.1 Å². The van der Waals surface area contributed by atoms with Gasteiger partial charge in [-0.25, -0.2) is 14.0 Å². The maximum absolute atomic E-state index is 13.3. The first-order valence-corrected chi connectivity index (χ1v) is 10.5. The maximum Gasteiger partial charge on any atom is 0.338 e. The summed E-state index contributed by atoms with van der Waals surface area (Å²) < 4.78 is 24.3. The third kappa shape index (κ3) is 5.57. The van der Waals surface area contributed by atoms with Gasteiger partial charge in [-0.3, -0.25) is 0 Å². The van der Waals surface area contributed by atoms with E-state index >= 15 is 0 Å². The van der Waals surface area contributed by atoms with E-state index in [-0.39, 0.29) is 25.1 Å². The summed E-state index contributed by atoms with van der Waals surface area (Å²) in [5.41, 5.74) is 2.20. The van der Waals surface area contributed by atoms with Gasteiger partial charge in [-0.15, -0.1) is 0 Å². The van der Waals surface area contributed by atoms with Crippen molar-refractivity contribution in [3.63, 3.8) is 0 Å². The summed E-state index contributed by atoms with van der Waals surface area (Å²) in [7, 11) is 1.80. The van der Waals surface area contributed by atoms with Crippen LogP contribution in [0.4, 0.5) is 14.9 Å². The van der Waals surface area contributed by atoms with Gasteiger partial charge < -0.3 is 25.0 Å². The number of benzene rings is 2. The second kappa shape index (κ2) is 10.2. The monoisotopic (exact) mass is 441 g/mol. The lowest BCUT2D eigenvalue weighted by atomic mass is 9.95. The number of nitrogens with zero attached hydrogens (tertiary/aromatic N) is 1. The van der Waals surface area contributed by atoms with Crippen molar-refractivity contribution in [2.24, 2.45) is 0 Å². The number of urea groups is 1. The van der Waals surface area contributed by atoms with Gasteiger partial charge in [-0.1, -0.05) is 12.1 Å². The van der Waals surface area contributed by atoms with E-state index in [2.05, 4.69) is 10.6 Å². The number of anilines is 1. The lowest BCUT2D eigenvalue weighted by Gasteiger charge is -2.31. The Hall–Kier alpha value is -3.55. The van der Waals surface area contributed by atoms with E-state index in [1.807, 2.05) is 30.9 Å². The number of nitrogens with one attached hydrogen (secondary N) is 2. The van der Waals surface area contributed by atoms with Gasteiger partial charge in [-0.05, 0) is 62.7 Å². The van der Waals surface area contributed by atoms with E-state index in [1.165, 1.54) is 12.1 Å². The smallest absolute Gasteiger partial charge is 0.338 e. The molecule has 1 heterocycles. The highest BCUT2D eigenvalue weighted by atomic mass is 19.1. The van der Waals surface area contributed by atoms with Gasteiger partial charge in [-0.2, -0.15) is 0 Å². The summed E-state index contributed by atoms with van der Waals surface area (Å²) in [5, 5.41) is 5.56. The number of ether oxygens (including phenoxy) is 2. The van der Waals surface area contributed by atoms with Crippen molar-refractivity contribution in [2.45, 2.75) is 32.9 Å². The molecule has 0 spiro atoms. The molecule has 0 saturated heterocycles. The fraction of sp³-hybridized carbons (Fsp3) is 0.333. The summed E-state index contributed by atoms with van der Waals surface area (Å²) in [5.74, 6) is -0.161. The highest BCUT2D eigenvalue weighted by Gasteiger charge is 2.34. The lowest BCUT2D eigenvalue weighted by Crippen LogP contribution is -2.48. The third-order valence-electron chi connectivity index (χ3n) is 4.90. The van der Waals surface area contributed by atoms with Crippen LogP contribution in [-0.4, -0.2) is 38.3 Å². The van der Waals surface area contributed by atoms with Crippen LogP contribution < -0.4 is 20.3 Å². The predicted molar refractivity (Wildman–Crippen MR) is 120 cm³/mol. The van der Waals surface area contributed by atoms with Gasteiger partial charge in [0.2, 0.25) is 0 Å². The number of carbonyl (C=O) groups is 2. The molecular weight excluding hydrogens is 413 g/mol. The molecule has 0 aliphatic carbocycles. The molecule has 7 nitrogen and oxygen atoms in total. The first-order chi connectivity index (χ1) is 15.3. The molecule has 0 unspecified atom stereocenters. The number of hydrogen-bond acceptors (Lipinski definition) is 5. The number of amides is 2. The molecule has 0 fully saturated rings. The standard InChI is InChI=1S/C24H28FN3O4/c1-5-31-23(29)21-20(14-28(4)18-10-8-17(25)9-11-18)26-24(30)27-22(21)16-6-12-19(13-7-16)32-15(2)3/h6-13,15,22H,5,14H2,1-4H3,(H2,26,27,30)/t22-/m0/s1. The average molecular weight is 442 g/mol. The molecule has 2 amide bonds. The Kier molecular flexibility index (Phi) is 7.35. The van der Waals surface area contributed by atoms with Crippen molar-refractivity contribution >= 4 is 17.7 Å². The van der Waals surface area contributed by atoms with E-state index < -0.39 is 18.0 Å². The van der Waals surface area contributed by atoms with E-state index in [0.717, 1.165) is 11.3 Å². The van der Waals surface area contributed by atoms with Crippen molar-refractivity contribution in [3.05, 3.63) is 71.2 Å². The topological polar surface area (TPSA) is 79.9 Å². The highest BCUT2D eigenvalue weighted by Crippen LogP contribution is 2.30. The molecule has 170 valence electrons. The number of rotatable bonds is 8. The number of hydrogen-bond donors (Lipinski definition) is 2. The predicted octanol–water partition coefficient (Wildman–Crippen LogP) is 3.92. The first-order valence-electron chi connectivity index (χ1n) is 10.5. The molecular formula is C24H28FN3O4. The van der Waals surface area contributed by atoms with Gasteiger partial charge in [0.1, 0.15) is 11.6 Å². The van der Waals surface area contributed by atoms with Crippen LogP contribution in [0.5, 0.6) is 5.75 Å². The summed E-state index contributed by atoms with van der Waals surface area (Å²) >= 11 is 0. The van der Waals surface area contributed by atoms with Gasteiger partial charge in [0.25, 0.3) is 0 Å². The molecule has 1 aliphatic heterocycles. The number of esters is 1. The summed E-state index contributed by atoms with van der Waals surface area (Å²) in [6, 6.07) is 12.1. The van der Waals surface area contributed by atoms with Crippen LogP contribution in [0.15, 0.2) is 59.8 Å². The Labute approximate surface area is 187 Å². The van der Waals surface area contributed by atoms with E-state index in [4.69, 9.17) is 9.47 Å². The maximum atomic E-state index is 13.3. The SMILES string of the molecule is CCOC(=O)C1=C(CN(C)c2ccc(F)cc2)NC(=O)N[C@H]1c1ccc(OC(C)C)cc1. The first kappa shape index (κ1) is 23.1. The van der Waals surface area contributed by atoms with Crippen LogP contribution in [0.3, 0.4) is 0 Å². The fourth-order valence-corrected chi connectivity index (χ4v) is 3.48. The normalized spacial score (nSPS) is 15.8. The molecule has 2 N–H and O–H groups in total. The Balaban J connectivity index is 1.96. The fourth-order valence-electron chi connectivity index (χ4n) is 3.48. The molecule has 0 aromatic heterocycles. The Morgan fingerprint density at radius 1 is 1.12 bits per heavy atom. The average Bonchev–Trinajstić information content (AvgIpc) is 2.74. The van der Waals surface area contributed by atoms with Crippen molar-refractivity contribution < 1.29 is 23.5 Å². The zero-order chi connectivity index (χ0) is 23.3. The molecule has 1 aliphatic rings. The van der Waals surface area contributed by atoms with Crippen LogP contribution in [0.2, 0.25) is 0 Å². The number of carbonyl (C=O) groups excluding carboxylic acids is 2. The summed E-state index contributed by atoms with van der Waals surface area (Å²) in [6.07, 6.45) is 0.0306. The van der Waals surface area contributed by atoms with Crippen LogP contribution >= 0.6 is 0 Å². The second-order valence-electron chi connectivity index (χ2n) is 7.71.